The normalized spacial score (nSPS) is 14.8. The van der Waals surface area contributed by atoms with Gasteiger partial charge in [0.2, 0.25) is 0 Å². The average molecular weight is 412 g/mol. The molecule has 4 rings (SSSR count). The third-order valence-corrected chi connectivity index (χ3v) is 5.86. The fraction of sp³-hybridized carbons (Fsp3) is 0.300. The van der Waals surface area contributed by atoms with Crippen LogP contribution >= 0.6 is 11.3 Å². The van der Waals surface area contributed by atoms with Crippen LogP contribution in [0.3, 0.4) is 0 Å². The Morgan fingerprint density at radius 2 is 2.10 bits per heavy atom. The molecule has 0 aliphatic carbocycles. The Hall–Kier alpha value is -2.88. The number of thiazole rings is 1. The maximum absolute atomic E-state index is 12.6. The number of fused-ring (bicyclic) bond motifs is 1. The highest BCUT2D eigenvalue weighted by Crippen LogP contribution is 2.28. The van der Waals surface area contributed by atoms with Crippen molar-refractivity contribution in [2.75, 3.05) is 31.6 Å². The van der Waals surface area contributed by atoms with Crippen molar-refractivity contribution >= 4 is 38.3 Å². The summed E-state index contributed by atoms with van der Waals surface area (Å²) in [7, 11) is 0. The average Bonchev–Trinajstić information content (AvgIpc) is 3.10. The largest absolute Gasteiger partial charge is 0.379 e. The van der Waals surface area contributed by atoms with Gasteiger partial charge in [-0.2, -0.15) is 0 Å². The lowest BCUT2D eigenvalue weighted by Crippen LogP contribution is -2.35. The standard InChI is InChI=1S/C20H20N4O4S/c1-13-15(3-2-4-17(13)24(26)27)19(25)22-20-21-16-6-5-14(11-18(16)29-20)12-23-7-9-28-10-8-23/h2-6,11H,7-10,12H2,1H3,(H,21,22,25). The second kappa shape index (κ2) is 8.24. The number of nitro groups is 1. The van der Waals surface area contributed by atoms with E-state index >= 15 is 0 Å². The van der Waals surface area contributed by atoms with Crippen LogP contribution in [0.5, 0.6) is 0 Å². The summed E-state index contributed by atoms with van der Waals surface area (Å²) >= 11 is 1.39. The first-order valence-corrected chi connectivity index (χ1v) is 10.1. The van der Waals surface area contributed by atoms with E-state index in [0.717, 1.165) is 43.1 Å². The number of amides is 1. The second-order valence-electron chi connectivity index (χ2n) is 6.87. The van der Waals surface area contributed by atoms with E-state index in [9.17, 15) is 14.9 Å². The van der Waals surface area contributed by atoms with Crippen molar-refractivity contribution in [3.63, 3.8) is 0 Å². The number of aromatic nitrogens is 1. The maximum atomic E-state index is 12.6. The van der Waals surface area contributed by atoms with E-state index in [1.807, 2.05) is 12.1 Å². The number of nitrogens with zero attached hydrogens (tertiary/aromatic N) is 3. The van der Waals surface area contributed by atoms with E-state index in [-0.39, 0.29) is 11.3 Å². The predicted octanol–water partition coefficient (Wildman–Crippen LogP) is 3.60. The molecule has 0 bridgehead atoms. The zero-order valence-electron chi connectivity index (χ0n) is 15.9. The van der Waals surface area contributed by atoms with Gasteiger partial charge < -0.3 is 4.74 Å². The molecule has 8 nitrogen and oxygen atoms in total. The van der Waals surface area contributed by atoms with Crippen LogP contribution in [-0.4, -0.2) is 47.0 Å². The smallest absolute Gasteiger partial charge is 0.273 e. The SMILES string of the molecule is Cc1c(C(=O)Nc2nc3ccc(CN4CCOCC4)cc3s2)cccc1[N+](=O)[O-]. The lowest BCUT2D eigenvalue weighted by Gasteiger charge is -2.26. The van der Waals surface area contributed by atoms with Crippen LogP contribution in [0.15, 0.2) is 36.4 Å². The number of nitrogens with one attached hydrogen (secondary N) is 1. The van der Waals surface area contributed by atoms with Gasteiger partial charge in [-0.15, -0.1) is 0 Å². The summed E-state index contributed by atoms with van der Waals surface area (Å²) < 4.78 is 6.37. The molecule has 29 heavy (non-hydrogen) atoms. The number of carbonyl (C=O) groups excluding carboxylic acids is 1. The summed E-state index contributed by atoms with van der Waals surface area (Å²) in [6.07, 6.45) is 0. The third-order valence-electron chi connectivity index (χ3n) is 4.93. The Morgan fingerprint density at radius 3 is 2.86 bits per heavy atom. The van der Waals surface area contributed by atoms with Crippen LogP contribution in [0.2, 0.25) is 0 Å². The van der Waals surface area contributed by atoms with Gasteiger partial charge in [0.25, 0.3) is 11.6 Å². The first-order chi connectivity index (χ1) is 14.0. The maximum Gasteiger partial charge on any atom is 0.273 e. The molecule has 150 valence electrons. The van der Waals surface area contributed by atoms with Gasteiger partial charge in [-0.3, -0.25) is 25.1 Å². The summed E-state index contributed by atoms with van der Waals surface area (Å²) in [5, 5.41) is 14.3. The number of ether oxygens (including phenoxy) is 1. The molecule has 1 aliphatic rings. The minimum Gasteiger partial charge on any atom is -0.379 e. The summed E-state index contributed by atoms with van der Waals surface area (Å²) in [6.45, 7) is 5.79. The fourth-order valence-electron chi connectivity index (χ4n) is 3.37. The van der Waals surface area contributed by atoms with Crippen molar-refractivity contribution in [1.82, 2.24) is 9.88 Å². The van der Waals surface area contributed by atoms with Crippen molar-refractivity contribution in [3.05, 3.63) is 63.2 Å². The van der Waals surface area contributed by atoms with E-state index in [1.54, 1.807) is 13.0 Å². The number of rotatable bonds is 5. The Kier molecular flexibility index (Phi) is 5.52. The van der Waals surface area contributed by atoms with E-state index in [1.165, 1.54) is 29.0 Å². The van der Waals surface area contributed by atoms with Gasteiger partial charge in [0, 0.05) is 36.8 Å². The molecule has 1 N–H and O–H groups in total. The molecule has 1 amide bonds. The van der Waals surface area contributed by atoms with Crippen LogP contribution in [0.4, 0.5) is 10.8 Å². The summed E-state index contributed by atoms with van der Waals surface area (Å²) in [5.74, 6) is -0.404. The molecular formula is C20H20N4O4S. The first kappa shape index (κ1) is 19.4. The van der Waals surface area contributed by atoms with E-state index in [2.05, 4.69) is 21.3 Å². The molecule has 0 spiro atoms. The lowest BCUT2D eigenvalue weighted by atomic mass is 10.1. The van der Waals surface area contributed by atoms with E-state index in [0.29, 0.717) is 10.7 Å². The fourth-order valence-corrected chi connectivity index (χ4v) is 4.29. The molecule has 2 heterocycles. The van der Waals surface area contributed by atoms with Crippen LogP contribution in [0.1, 0.15) is 21.5 Å². The number of benzene rings is 2. The Labute approximate surface area is 171 Å². The number of anilines is 1. The Bertz CT molecular complexity index is 1080. The van der Waals surface area contributed by atoms with Gasteiger partial charge in [0.05, 0.1) is 28.4 Å². The van der Waals surface area contributed by atoms with Gasteiger partial charge >= 0.3 is 0 Å². The van der Waals surface area contributed by atoms with Crippen molar-refractivity contribution in [2.45, 2.75) is 13.5 Å². The summed E-state index contributed by atoms with van der Waals surface area (Å²) in [4.78, 5) is 30.1. The molecule has 1 aromatic heterocycles. The predicted molar refractivity (Wildman–Crippen MR) is 112 cm³/mol. The van der Waals surface area contributed by atoms with E-state index < -0.39 is 10.8 Å². The van der Waals surface area contributed by atoms with Crippen LogP contribution < -0.4 is 5.32 Å². The van der Waals surface area contributed by atoms with Crippen molar-refractivity contribution < 1.29 is 14.5 Å². The van der Waals surface area contributed by atoms with Gasteiger partial charge in [-0.25, -0.2) is 4.98 Å². The molecule has 1 fully saturated rings. The monoisotopic (exact) mass is 412 g/mol. The minimum absolute atomic E-state index is 0.0743. The zero-order valence-corrected chi connectivity index (χ0v) is 16.7. The molecule has 1 aliphatic heterocycles. The second-order valence-corrected chi connectivity index (χ2v) is 7.90. The highest BCUT2D eigenvalue weighted by atomic mass is 32.1. The van der Waals surface area contributed by atoms with Crippen molar-refractivity contribution in [1.29, 1.82) is 0 Å². The zero-order chi connectivity index (χ0) is 20.4. The first-order valence-electron chi connectivity index (χ1n) is 9.26. The molecule has 3 aromatic rings. The molecular weight excluding hydrogens is 392 g/mol. The van der Waals surface area contributed by atoms with Gasteiger partial charge in [0.15, 0.2) is 5.13 Å². The van der Waals surface area contributed by atoms with E-state index in [4.69, 9.17) is 4.74 Å². The Morgan fingerprint density at radius 1 is 1.31 bits per heavy atom. The van der Waals surface area contributed by atoms with Crippen LogP contribution in [0, 0.1) is 17.0 Å². The highest BCUT2D eigenvalue weighted by Gasteiger charge is 2.19. The molecule has 0 atom stereocenters. The quantitative estimate of drug-likeness (QED) is 0.508. The molecule has 0 saturated carbocycles. The molecule has 0 unspecified atom stereocenters. The molecule has 1 saturated heterocycles. The molecule has 0 radical (unpaired) electrons. The topological polar surface area (TPSA) is 97.6 Å². The van der Waals surface area contributed by atoms with Crippen molar-refractivity contribution in [3.8, 4) is 0 Å². The number of morpholine rings is 1. The minimum atomic E-state index is -0.486. The van der Waals surface area contributed by atoms with Crippen LogP contribution in [-0.2, 0) is 11.3 Å². The summed E-state index contributed by atoms with van der Waals surface area (Å²) in [6, 6.07) is 10.6. The number of hydrogen-bond donors (Lipinski definition) is 1. The number of carbonyl (C=O) groups is 1. The van der Waals surface area contributed by atoms with Gasteiger partial charge in [-0.05, 0) is 30.7 Å². The molecule has 2 aromatic carbocycles. The third kappa shape index (κ3) is 4.26. The summed E-state index contributed by atoms with van der Waals surface area (Å²) in [5.41, 5.74) is 2.53. The van der Waals surface area contributed by atoms with Gasteiger partial charge in [0.1, 0.15) is 0 Å². The number of nitro benzene ring substituents is 1. The molecule has 9 heteroatoms. The van der Waals surface area contributed by atoms with Crippen molar-refractivity contribution in [2.24, 2.45) is 0 Å². The van der Waals surface area contributed by atoms with Gasteiger partial charge in [-0.1, -0.05) is 23.5 Å². The Balaban J connectivity index is 1.52. The highest BCUT2D eigenvalue weighted by molar-refractivity contribution is 7.22. The lowest BCUT2D eigenvalue weighted by molar-refractivity contribution is -0.385. The van der Waals surface area contributed by atoms with Crippen LogP contribution in [0.25, 0.3) is 10.2 Å². The number of hydrogen-bond acceptors (Lipinski definition) is 7.